The number of rotatable bonds is 9. The number of nitrogens with zero attached hydrogens (tertiary/aromatic N) is 3. The maximum atomic E-state index is 14.3. The number of Topliss-reactive ketones (excluding diaryl/α,β-unsaturated/α-hetero) is 1. The van der Waals surface area contributed by atoms with Crippen LogP contribution in [0.3, 0.4) is 0 Å². The van der Waals surface area contributed by atoms with E-state index >= 15 is 0 Å². The molecule has 0 radical (unpaired) electrons. The van der Waals surface area contributed by atoms with Crippen LogP contribution in [-0.2, 0) is 22.7 Å². The third kappa shape index (κ3) is 5.26. The van der Waals surface area contributed by atoms with Gasteiger partial charge in [-0.05, 0) is 43.9 Å². The number of carbonyl (C=O) groups excluding carboxylic acids is 3. The first-order valence-corrected chi connectivity index (χ1v) is 12.9. The maximum Gasteiger partial charge on any atom is 0.243 e. The van der Waals surface area contributed by atoms with Crippen molar-refractivity contribution in [2.75, 3.05) is 6.61 Å². The van der Waals surface area contributed by atoms with Crippen molar-refractivity contribution in [1.82, 2.24) is 14.8 Å². The van der Waals surface area contributed by atoms with Crippen LogP contribution in [0.25, 0.3) is 10.9 Å². The summed E-state index contributed by atoms with van der Waals surface area (Å²) in [6, 6.07) is 9.09. The van der Waals surface area contributed by atoms with Gasteiger partial charge in [0.25, 0.3) is 0 Å². The molecule has 0 bridgehead atoms. The van der Waals surface area contributed by atoms with Crippen LogP contribution in [0.2, 0.25) is 5.02 Å². The van der Waals surface area contributed by atoms with Gasteiger partial charge in [0.1, 0.15) is 30.8 Å². The fourth-order valence-corrected chi connectivity index (χ4v) is 5.42. The number of likely N-dealkylation sites (tertiary alicyclic amines) is 1. The molecular formula is C27H28ClFN6O4. The highest BCUT2D eigenvalue weighted by molar-refractivity contribution is 6.30. The Balaban J connectivity index is 1.35. The summed E-state index contributed by atoms with van der Waals surface area (Å²) >= 11 is 5.85. The lowest BCUT2D eigenvalue weighted by Gasteiger charge is -2.27. The second-order valence-electron chi connectivity index (χ2n) is 9.86. The van der Waals surface area contributed by atoms with E-state index in [1.165, 1.54) is 13.0 Å². The number of carbonyl (C=O) groups is 3. The topological polar surface area (TPSA) is 145 Å². The summed E-state index contributed by atoms with van der Waals surface area (Å²) in [6.45, 7) is 1.33. The molecule has 1 saturated carbocycles. The van der Waals surface area contributed by atoms with E-state index in [1.54, 1.807) is 46.0 Å². The molecule has 5 rings (SSSR count). The minimum absolute atomic E-state index is 0.0114. The molecule has 10 nitrogen and oxygen atoms in total. The van der Waals surface area contributed by atoms with E-state index in [9.17, 15) is 18.8 Å². The molecule has 3 aromatic rings. The lowest BCUT2D eigenvalue weighted by Crippen LogP contribution is -2.48. The number of aromatic nitrogens is 1. The first-order valence-electron chi connectivity index (χ1n) is 12.5. The molecule has 5 N–H and O–H groups in total. The summed E-state index contributed by atoms with van der Waals surface area (Å²) in [4.78, 5) is 40.6. The molecule has 2 aliphatic rings. The average Bonchev–Trinajstić information content (AvgIpc) is 3.43. The number of piperidine rings is 1. The predicted octanol–water partition coefficient (Wildman–Crippen LogP) is 2.55. The van der Waals surface area contributed by atoms with Crippen molar-refractivity contribution in [2.45, 2.75) is 44.9 Å². The Bertz CT molecular complexity index is 1500. The van der Waals surface area contributed by atoms with E-state index < -0.39 is 11.9 Å². The van der Waals surface area contributed by atoms with Crippen molar-refractivity contribution < 1.29 is 23.5 Å². The first-order chi connectivity index (χ1) is 18.7. The number of nitrogens with two attached hydrogens (primary N) is 2. The molecule has 3 atom stereocenters. The van der Waals surface area contributed by atoms with Gasteiger partial charge in [-0.3, -0.25) is 14.4 Å². The second-order valence-corrected chi connectivity index (χ2v) is 10.3. The molecule has 1 aliphatic heterocycles. The third-order valence-corrected chi connectivity index (χ3v) is 7.56. The molecule has 2 heterocycles. The van der Waals surface area contributed by atoms with Gasteiger partial charge in [0.15, 0.2) is 11.6 Å². The summed E-state index contributed by atoms with van der Waals surface area (Å²) in [6.07, 6.45) is 3.03. The van der Waals surface area contributed by atoms with Crippen molar-refractivity contribution in [3.63, 3.8) is 0 Å². The van der Waals surface area contributed by atoms with Crippen molar-refractivity contribution in [3.05, 3.63) is 64.6 Å². The van der Waals surface area contributed by atoms with Gasteiger partial charge in [-0.25, -0.2) is 4.39 Å². The molecule has 1 aromatic heterocycles. The summed E-state index contributed by atoms with van der Waals surface area (Å²) in [7, 11) is 0. The lowest BCUT2D eigenvalue weighted by atomic mass is 10.1. The Morgan fingerprint density at radius 1 is 1.23 bits per heavy atom. The predicted molar refractivity (Wildman–Crippen MR) is 144 cm³/mol. The van der Waals surface area contributed by atoms with Gasteiger partial charge < -0.3 is 31.1 Å². The first kappa shape index (κ1) is 26.5. The number of benzene rings is 2. The van der Waals surface area contributed by atoms with Crippen LogP contribution in [0.5, 0.6) is 5.75 Å². The summed E-state index contributed by atoms with van der Waals surface area (Å²) in [5, 5.41) is 6.79. The summed E-state index contributed by atoms with van der Waals surface area (Å²) in [5.74, 6) is 4.68. The largest absolute Gasteiger partial charge is 0.486 e. The van der Waals surface area contributed by atoms with Crippen LogP contribution in [0.1, 0.15) is 35.7 Å². The monoisotopic (exact) mass is 554 g/mol. The fourth-order valence-electron chi connectivity index (χ4n) is 5.23. The van der Waals surface area contributed by atoms with Gasteiger partial charge in [-0.2, -0.15) is 5.10 Å². The van der Waals surface area contributed by atoms with E-state index in [-0.39, 0.29) is 65.7 Å². The molecule has 0 spiro atoms. The molecule has 2 aromatic carbocycles. The molecule has 3 unspecified atom stereocenters. The van der Waals surface area contributed by atoms with E-state index in [1.807, 2.05) is 0 Å². The van der Waals surface area contributed by atoms with Gasteiger partial charge >= 0.3 is 0 Å². The normalized spacial score (nSPS) is 20.1. The van der Waals surface area contributed by atoms with E-state index in [0.29, 0.717) is 28.6 Å². The van der Waals surface area contributed by atoms with Crippen LogP contribution in [0, 0.1) is 11.7 Å². The van der Waals surface area contributed by atoms with Crippen LogP contribution >= 0.6 is 11.6 Å². The number of halogens is 2. The number of hydrogen-bond donors (Lipinski definition) is 3. The third-order valence-electron chi connectivity index (χ3n) is 7.27. The maximum absolute atomic E-state index is 14.3. The highest BCUT2D eigenvalue weighted by Gasteiger charge is 2.55. The number of fused-ring (bicyclic) bond motifs is 2. The van der Waals surface area contributed by atoms with Crippen LogP contribution in [-0.4, -0.2) is 51.6 Å². The van der Waals surface area contributed by atoms with Gasteiger partial charge in [-0.1, -0.05) is 23.7 Å². The lowest BCUT2D eigenvalue weighted by molar-refractivity contribution is -0.140. The van der Waals surface area contributed by atoms with Crippen molar-refractivity contribution in [2.24, 2.45) is 22.6 Å². The number of nitrogens with one attached hydrogen (secondary N) is 1. The van der Waals surface area contributed by atoms with Gasteiger partial charge in [0, 0.05) is 41.4 Å². The number of ether oxygens (including phenoxy) is 1. The van der Waals surface area contributed by atoms with Crippen molar-refractivity contribution in [1.29, 1.82) is 0 Å². The number of amides is 2. The minimum Gasteiger partial charge on any atom is -0.486 e. The van der Waals surface area contributed by atoms with Gasteiger partial charge in [-0.15, -0.1) is 0 Å². The van der Waals surface area contributed by atoms with Crippen LogP contribution in [0.15, 0.2) is 47.7 Å². The molecule has 2 amide bonds. The van der Waals surface area contributed by atoms with E-state index in [0.717, 1.165) is 6.42 Å². The fraction of sp³-hybridized carbons (Fsp3) is 0.333. The Morgan fingerprint density at radius 3 is 2.77 bits per heavy atom. The van der Waals surface area contributed by atoms with E-state index in [4.69, 9.17) is 27.9 Å². The van der Waals surface area contributed by atoms with Crippen LogP contribution in [0.4, 0.5) is 4.39 Å². The Kier molecular flexibility index (Phi) is 7.17. The Hall–Kier alpha value is -4.12. The number of ketones is 1. The number of amidine groups is 1. The SMILES string of the molecule is CC(=O)c1cn(CC(=O)N2C(C(=O)NCc3cccc(Cl)c3F)CC3CC32)c2cc(OCC(N)=NN)ccc12. The highest BCUT2D eigenvalue weighted by atomic mass is 35.5. The summed E-state index contributed by atoms with van der Waals surface area (Å²) in [5.41, 5.74) is 6.97. The molecular weight excluding hydrogens is 527 g/mol. The molecule has 39 heavy (non-hydrogen) atoms. The molecule has 204 valence electrons. The van der Waals surface area contributed by atoms with Crippen molar-refractivity contribution >= 4 is 45.9 Å². The zero-order chi connectivity index (χ0) is 27.8. The van der Waals surface area contributed by atoms with Gasteiger partial charge in [0.05, 0.1) is 10.5 Å². The highest BCUT2D eigenvalue weighted by Crippen LogP contribution is 2.48. The smallest absolute Gasteiger partial charge is 0.243 e. The van der Waals surface area contributed by atoms with Crippen molar-refractivity contribution in [3.8, 4) is 5.75 Å². The van der Waals surface area contributed by atoms with Gasteiger partial charge in [0.2, 0.25) is 11.8 Å². The Morgan fingerprint density at radius 2 is 2.03 bits per heavy atom. The standard InChI is InChI=1S/C27H28ClFN6O4/c1-14(36)19-11-34(22-9-17(5-6-18(19)22)39-13-24(30)33-31)12-25(37)35-21-7-16(21)8-23(35)27(38)32-10-15-3-2-4-20(28)26(15)29/h2-6,9,11,16,21,23H,7-8,10,12-13,31H2,1H3,(H2,30,33)(H,32,38). The molecule has 12 heteroatoms. The number of hydrazone groups is 1. The van der Waals surface area contributed by atoms with Crippen LogP contribution < -0.4 is 21.6 Å². The number of hydrogen-bond acceptors (Lipinski definition) is 6. The second kappa shape index (κ2) is 10.6. The zero-order valence-corrected chi connectivity index (χ0v) is 22.0. The summed E-state index contributed by atoms with van der Waals surface area (Å²) < 4.78 is 21.6. The molecule has 1 aliphatic carbocycles. The molecule has 2 fully saturated rings. The molecule has 1 saturated heterocycles. The average molecular weight is 555 g/mol. The Labute approximate surface area is 228 Å². The van der Waals surface area contributed by atoms with E-state index in [2.05, 4.69) is 10.4 Å². The quantitative estimate of drug-likeness (QED) is 0.122. The zero-order valence-electron chi connectivity index (χ0n) is 21.2. The minimum atomic E-state index is -0.657.